The molecular weight excluding hydrogens is 176 g/mol. The van der Waals surface area contributed by atoms with Gasteiger partial charge in [0.05, 0.1) is 17.6 Å². The van der Waals surface area contributed by atoms with Gasteiger partial charge in [-0.1, -0.05) is 0 Å². The molecule has 0 saturated carbocycles. The molecule has 0 aliphatic carbocycles. The van der Waals surface area contributed by atoms with E-state index in [0.29, 0.717) is 16.9 Å². The Hall–Kier alpha value is -2.02. The maximum Gasteiger partial charge on any atom is 0.102 e. The first-order chi connectivity index (χ1) is 6.69. The summed E-state index contributed by atoms with van der Waals surface area (Å²) in [7, 11) is 1.65. The van der Waals surface area contributed by atoms with Crippen molar-refractivity contribution in [3.8, 4) is 6.07 Å². The number of benzene rings is 1. The van der Waals surface area contributed by atoms with Crippen LogP contribution in [0.15, 0.2) is 17.1 Å². The lowest BCUT2D eigenvalue weighted by atomic mass is 10.1. The van der Waals surface area contributed by atoms with Crippen LogP contribution in [-0.4, -0.2) is 13.4 Å². The van der Waals surface area contributed by atoms with E-state index in [2.05, 4.69) is 16.4 Å². The van der Waals surface area contributed by atoms with Crippen molar-refractivity contribution in [2.45, 2.75) is 6.92 Å². The third kappa shape index (κ3) is 2.02. The molecule has 0 spiro atoms. The molecule has 0 aromatic heterocycles. The summed E-state index contributed by atoms with van der Waals surface area (Å²) >= 11 is 0. The number of nitrogen functional groups attached to an aromatic ring is 1. The van der Waals surface area contributed by atoms with Gasteiger partial charge < -0.3 is 11.1 Å². The van der Waals surface area contributed by atoms with Crippen molar-refractivity contribution in [2.24, 2.45) is 4.99 Å². The van der Waals surface area contributed by atoms with E-state index in [9.17, 15) is 0 Å². The zero-order valence-corrected chi connectivity index (χ0v) is 8.20. The van der Waals surface area contributed by atoms with E-state index >= 15 is 0 Å². The second-order valence-corrected chi connectivity index (χ2v) is 2.90. The summed E-state index contributed by atoms with van der Waals surface area (Å²) in [5.41, 5.74) is 8.44. The van der Waals surface area contributed by atoms with Gasteiger partial charge in [-0.15, -0.1) is 0 Å². The Morgan fingerprint density at radius 3 is 2.86 bits per heavy atom. The highest BCUT2D eigenvalue weighted by molar-refractivity contribution is 5.81. The van der Waals surface area contributed by atoms with Crippen LogP contribution in [0.25, 0.3) is 0 Å². The van der Waals surface area contributed by atoms with Crippen LogP contribution in [0.5, 0.6) is 0 Å². The third-order valence-electron chi connectivity index (χ3n) is 1.82. The summed E-state index contributed by atoms with van der Waals surface area (Å²) in [4.78, 5) is 3.78. The predicted octanol–water partition coefficient (Wildman–Crippen LogP) is 1.52. The molecule has 3 N–H and O–H groups in total. The molecule has 4 heteroatoms. The quantitative estimate of drug-likeness (QED) is 0.420. The van der Waals surface area contributed by atoms with Crippen LogP contribution >= 0.6 is 0 Å². The van der Waals surface area contributed by atoms with Crippen molar-refractivity contribution in [2.75, 3.05) is 18.1 Å². The number of aryl methyl sites for hydroxylation is 1. The van der Waals surface area contributed by atoms with Gasteiger partial charge in [0, 0.05) is 12.7 Å². The van der Waals surface area contributed by atoms with E-state index in [-0.39, 0.29) is 0 Å². The van der Waals surface area contributed by atoms with Gasteiger partial charge >= 0.3 is 0 Å². The van der Waals surface area contributed by atoms with Crippen LogP contribution in [0.1, 0.15) is 11.1 Å². The lowest BCUT2D eigenvalue weighted by Gasteiger charge is -2.07. The van der Waals surface area contributed by atoms with Gasteiger partial charge in [0.1, 0.15) is 6.07 Å². The normalized spacial score (nSPS) is 10.1. The summed E-state index contributed by atoms with van der Waals surface area (Å²) in [6.45, 7) is 1.85. The van der Waals surface area contributed by atoms with Gasteiger partial charge in [0.2, 0.25) is 0 Å². The summed E-state index contributed by atoms with van der Waals surface area (Å²) in [6.07, 6.45) is 1.52. The minimum absolute atomic E-state index is 0.596. The fraction of sp³-hybridized carbons (Fsp3) is 0.200. The number of aliphatic imine (C=N–C) groups is 1. The van der Waals surface area contributed by atoms with Gasteiger partial charge in [-0.05, 0) is 24.6 Å². The van der Waals surface area contributed by atoms with E-state index < -0.39 is 0 Å². The Labute approximate surface area is 83.1 Å². The molecular formula is C10H12N4. The van der Waals surface area contributed by atoms with Gasteiger partial charge in [-0.2, -0.15) is 5.26 Å². The van der Waals surface area contributed by atoms with Crippen LogP contribution in [0.3, 0.4) is 0 Å². The van der Waals surface area contributed by atoms with Crippen LogP contribution < -0.4 is 11.1 Å². The zero-order valence-electron chi connectivity index (χ0n) is 8.20. The molecule has 1 rings (SSSR count). The summed E-state index contributed by atoms with van der Waals surface area (Å²) in [5.74, 6) is 0. The highest BCUT2D eigenvalue weighted by Gasteiger charge is 2.05. The Balaban J connectivity index is 3.19. The summed E-state index contributed by atoms with van der Waals surface area (Å²) in [6, 6.07) is 5.61. The highest BCUT2D eigenvalue weighted by atomic mass is 14.9. The first-order valence-electron chi connectivity index (χ1n) is 4.16. The number of hydrogen-bond donors (Lipinski definition) is 2. The van der Waals surface area contributed by atoms with E-state index in [0.717, 1.165) is 5.56 Å². The maximum atomic E-state index is 8.91. The van der Waals surface area contributed by atoms with Gasteiger partial charge in [-0.25, -0.2) is 0 Å². The van der Waals surface area contributed by atoms with E-state index in [1.165, 1.54) is 6.34 Å². The lowest BCUT2D eigenvalue weighted by Crippen LogP contribution is -2.00. The maximum absolute atomic E-state index is 8.91. The van der Waals surface area contributed by atoms with E-state index in [1.807, 2.05) is 6.92 Å². The fourth-order valence-electron chi connectivity index (χ4n) is 1.21. The molecule has 4 nitrogen and oxygen atoms in total. The molecule has 1 aromatic rings. The average Bonchev–Trinajstić information content (AvgIpc) is 2.14. The minimum atomic E-state index is 0.596. The minimum Gasteiger partial charge on any atom is -0.399 e. The highest BCUT2D eigenvalue weighted by Crippen LogP contribution is 2.22. The van der Waals surface area contributed by atoms with E-state index in [1.54, 1.807) is 19.2 Å². The standard InChI is InChI=1S/C10H12N4/c1-7-3-8(12)4-10(9(7)5-11)14-6-13-2/h3-4,6H,12H2,1-2H3,(H,13,14). The molecule has 0 heterocycles. The summed E-state index contributed by atoms with van der Waals surface area (Å²) in [5, 5.41) is 11.8. The number of hydrogen-bond acceptors (Lipinski definition) is 3. The topological polar surface area (TPSA) is 74.2 Å². The van der Waals surface area contributed by atoms with Gasteiger partial charge in [0.15, 0.2) is 0 Å². The van der Waals surface area contributed by atoms with Crippen LogP contribution in [0.2, 0.25) is 0 Å². The first kappa shape index (κ1) is 10.1. The number of nitrogens with zero attached hydrogens (tertiary/aromatic N) is 2. The lowest BCUT2D eigenvalue weighted by molar-refractivity contribution is 1.39. The number of nitrogens with one attached hydrogen (secondary N) is 1. The molecule has 0 fully saturated rings. The summed E-state index contributed by atoms with van der Waals surface area (Å²) < 4.78 is 0. The van der Waals surface area contributed by atoms with Gasteiger partial charge in [0.25, 0.3) is 0 Å². The molecule has 1 aromatic carbocycles. The second kappa shape index (κ2) is 4.28. The average molecular weight is 188 g/mol. The van der Waals surface area contributed by atoms with Crippen molar-refractivity contribution in [1.29, 1.82) is 5.26 Å². The Morgan fingerprint density at radius 1 is 1.57 bits per heavy atom. The largest absolute Gasteiger partial charge is 0.399 e. The van der Waals surface area contributed by atoms with Gasteiger partial charge in [-0.3, -0.25) is 4.99 Å². The van der Waals surface area contributed by atoms with Crippen molar-refractivity contribution in [1.82, 2.24) is 0 Å². The Morgan fingerprint density at radius 2 is 2.29 bits per heavy atom. The smallest absolute Gasteiger partial charge is 0.102 e. The Bertz CT molecular complexity index is 401. The number of nitriles is 1. The number of rotatable bonds is 2. The SMILES string of the molecule is CN=CNc1cc(N)cc(C)c1C#N. The number of anilines is 2. The van der Waals surface area contributed by atoms with Crippen molar-refractivity contribution >= 4 is 17.7 Å². The zero-order chi connectivity index (χ0) is 10.6. The molecule has 0 radical (unpaired) electrons. The second-order valence-electron chi connectivity index (χ2n) is 2.90. The van der Waals surface area contributed by atoms with Crippen molar-refractivity contribution < 1.29 is 0 Å². The molecule has 0 aliphatic heterocycles. The van der Waals surface area contributed by atoms with Crippen LogP contribution in [-0.2, 0) is 0 Å². The van der Waals surface area contributed by atoms with Crippen LogP contribution in [0, 0.1) is 18.3 Å². The fourth-order valence-corrected chi connectivity index (χ4v) is 1.21. The van der Waals surface area contributed by atoms with Crippen LogP contribution in [0.4, 0.5) is 11.4 Å². The molecule has 0 amide bonds. The Kier molecular flexibility index (Phi) is 3.08. The van der Waals surface area contributed by atoms with Crippen molar-refractivity contribution in [3.05, 3.63) is 23.3 Å². The molecule has 14 heavy (non-hydrogen) atoms. The molecule has 0 atom stereocenters. The monoisotopic (exact) mass is 188 g/mol. The predicted molar refractivity (Wildman–Crippen MR) is 58.3 cm³/mol. The first-order valence-corrected chi connectivity index (χ1v) is 4.16. The van der Waals surface area contributed by atoms with Crippen molar-refractivity contribution in [3.63, 3.8) is 0 Å². The molecule has 0 saturated heterocycles. The molecule has 0 bridgehead atoms. The molecule has 0 unspecified atom stereocenters. The molecule has 72 valence electrons. The van der Waals surface area contributed by atoms with E-state index in [4.69, 9.17) is 11.0 Å². The number of nitrogens with two attached hydrogens (primary N) is 1. The molecule has 0 aliphatic rings. The third-order valence-corrected chi connectivity index (χ3v) is 1.82.